The van der Waals surface area contributed by atoms with Crippen LogP contribution in [0.4, 0.5) is 8.78 Å². The molecule has 0 atom stereocenters. The van der Waals surface area contributed by atoms with Crippen molar-refractivity contribution >= 4 is 33.4 Å². The van der Waals surface area contributed by atoms with Crippen LogP contribution in [0.3, 0.4) is 0 Å². The largest absolute Gasteiger partial charge is 0.352 e. The van der Waals surface area contributed by atoms with E-state index in [1.54, 1.807) is 24.3 Å². The van der Waals surface area contributed by atoms with Crippen LogP contribution in [0, 0.1) is 11.6 Å². The standard InChI is InChI=1S/C32H35F2N5O3S.H2/c1-2-18-36-32(40)26-7-13-30(14-8-26)43(41,42)37-22-29(38-35)17-21-39-19-15-25(16-20-39)31(23-3-9-27(33)10-4-23)24-5-11-28(34)12-6-24;/h3-14,22H,2,15-21,35H2,1H3,(H,36,40);1H/b37-22+,38-29-;. The number of hydrogen-bond donors (Lipinski definition) is 2. The summed E-state index contributed by atoms with van der Waals surface area (Å²) >= 11 is 0. The number of halogens is 2. The molecule has 11 heteroatoms. The third kappa shape index (κ3) is 8.65. The van der Waals surface area contributed by atoms with E-state index in [0.29, 0.717) is 30.8 Å². The normalized spacial score (nSPS) is 14.7. The second-order valence-electron chi connectivity index (χ2n) is 10.2. The summed E-state index contributed by atoms with van der Waals surface area (Å²) in [6.07, 6.45) is 3.87. The first-order valence-electron chi connectivity index (χ1n) is 14.1. The van der Waals surface area contributed by atoms with E-state index in [4.69, 9.17) is 5.84 Å². The molecule has 3 aromatic carbocycles. The second kappa shape index (κ2) is 14.8. The highest BCUT2D eigenvalue weighted by molar-refractivity contribution is 7.90. The summed E-state index contributed by atoms with van der Waals surface area (Å²) in [5, 5.41) is 6.47. The van der Waals surface area contributed by atoms with Gasteiger partial charge in [0.25, 0.3) is 15.9 Å². The lowest BCUT2D eigenvalue weighted by Gasteiger charge is -2.30. The fraction of sp³-hybridized carbons (Fsp3) is 0.281. The Morgan fingerprint density at radius 1 is 0.930 bits per heavy atom. The molecular formula is C32H37F2N5O3S. The Kier molecular flexibility index (Phi) is 10.9. The van der Waals surface area contributed by atoms with E-state index in [9.17, 15) is 22.0 Å². The minimum absolute atomic E-state index is 0. The van der Waals surface area contributed by atoms with Crippen molar-refractivity contribution < 1.29 is 23.4 Å². The number of nitrogens with two attached hydrogens (primary N) is 1. The van der Waals surface area contributed by atoms with E-state index in [2.05, 4.69) is 19.7 Å². The summed E-state index contributed by atoms with van der Waals surface area (Å²) in [6, 6.07) is 18.2. The van der Waals surface area contributed by atoms with Gasteiger partial charge in [0, 0.05) is 39.6 Å². The van der Waals surface area contributed by atoms with Gasteiger partial charge in [-0.15, -0.1) is 0 Å². The second-order valence-corrected chi connectivity index (χ2v) is 11.8. The first-order chi connectivity index (χ1) is 20.7. The molecule has 0 saturated carbocycles. The number of benzene rings is 3. The number of piperidine rings is 1. The van der Waals surface area contributed by atoms with Crippen LogP contribution < -0.4 is 11.2 Å². The lowest BCUT2D eigenvalue weighted by atomic mass is 9.88. The SMILES string of the molecule is CCCNC(=O)c1ccc(S(=O)(=O)/N=C/C(CCN2CCC(=C(c3ccc(F)cc3)c3ccc(F)cc3)CC2)=N\N)cc1.[HH]. The lowest BCUT2D eigenvalue weighted by molar-refractivity contribution is 0.0953. The molecule has 0 radical (unpaired) electrons. The number of rotatable bonds is 11. The smallest absolute Gasteiger partial charge is 0.282 e. The maximum atomic E-state index is 13.6. The first-order valence-corrected chi connectivity index (χ1v) is 15.6. The molecule has 228 valence electrons. The van der Waals surface area contributed by atoms with E-state index in [0.717, 1.165) is 55.3 Å². The maximum Gasteiger partial charge on any atom is 0.282 e. The van der Waals surface area contributed by atoms with E-state index in [1.807, 2.05) is 6.92 Å². The van der Waals surface area contributed by atoms with Crippen LogP contribution in [0.25, 0.3) is 5.57 Å². The minimum Gasteiger partial charge on any atom is -0.352 e. The number of nitrogens with one attached hydrogen (secondary N) is 1. The van der Waals surface area contributed by atoms with Crippen molar-refractivity contribution in [2.24, 2.45) is 15.3 Å². The van der Waals surface area contributed by atoms with Crippen molar-refractivity contribution in [1.82, 2.24) is 10.2 Å². The molecule has 1 heterocycles. The van der Waals surface area contributed by atoms with Crippen LogP contribution in [-0.2, 0) is 10.0 Å². The van der Waals surface area contributed by atoms with Crippen LogP contribution in [0.2, 0.25) is 0 Å². The molecule has 43 heavy (non-hydrogen) atoms. The Morgan fingerprint density at radius 2 is 1.47 bits per heavy atom. The molecule has 0 bridgehead atoms. The van der Waals surface area contributed by atoms with Gasteiger partial charge in [-0.1, -0.05) is 36.8 Å². The zero-order valence-electron chi connectivity index (χ0n) is 24.0. The Labute approximate surface area is 252 Å². The van der Waals surface area contributed by atoms with Crippen LogP contribution in [0.15, 0.2) is 92.8 Å². The highest BCUT2D eigenvalue weighted by atomic mass is 32.2. The molecule has 0 unspecified atom stereocenters. The summed E-state index contributed by atoms with van der Waals surface area (Å²) in [6.45, 7) is 4.56. The van der Waals surface area contributed by atoms with Crippen molar-refractivity contribution in [3.8, 4) is 0 Å². The molecule has 1 amide bonds. The van der Waals surface area contributed by atoms with Crippen LogP contribution in [-0.4, -0.2) is 57.3 Å². The summed E-state index contributed by atoms with van der Waals surface area (Å²) < 4.78 is 56.4. The van der Waals surface area contributed by atoms with Gasteiger partial charge in [-0.3, -0.25) is 4.79 Å². The summed E-state index contributed by atoms with van der Waals surface area (Å²) in [4.78, 5) is 14.3. The predicted octanol–water partition coefficient (Wildman–Crippen LogP) is 5.41. The Morgan fingerprint density at radius 3 is 1.98 bits per heavy atom. The number of amides is 1. The topological polar surface area (TPSA) is 117 Å². The van der Waals surface area contributed by atoms with Crippen molar-refractivity contribution in [1.29, 1.82) is 0 Å². The van der Waals surface area contributed by atoms with Crippen LogP contribution in [0.1, 0.15) is 55.5 Å². The highest BCUT2D eigenvalue weighted by Gasteiger charge is 2.20. The highest BCUT2D eigenvalue weighted by Crippen LogP contribution is 2.32. The molecule has 1 aliphatic heterocycles. The minimum atomic E-state index is -4.01. The fourth-order valence-electron chi connectivity index (χ4n) is 4.85. The molecule has 0 spiro atoms. The molecule has 1 aliphatic rings. The first kappa shape index (κ1) is 31.7. The number of carbonyl (C=O) groups is 1. The summed E-state index contributed by atoms with van der Waals surface area (Å²) in [5.41, 5.74) is 4.63. The molecule has 0 aromatic heterocycles. The summed E-state index contributed by atoms with van der Waals surface area (Å²) in [7, 11) is -4.01. The van der Waals surface area contributed by atoms with Crippen LogP contribution >= 0.6 is 0 Å². The number of hydrazone groups is 1. The van der Waals surface area contributed by atoms with E-state index in [1.165, 1.54) is 54.1 Å². The quantitative estimate of drug-likeness (QED) is 0.171. The molecule has 3 aromatic rings. The molecule has 8 nitrogen and oxygen atoms in total. The number of nitrogens with zero attached hydrogens (tertiary/aromatic N) is 3. The molecule has 4 rings (SSSR count). The number of sulfonamides is 1. The monoisotopic (exact) mass is 609 g/mol. The van der Waals surface area contributed by atoms with Gasteiger partial charge >= 0.3 is 0 Å². The molecule has 1 fully saturated rings. The van der Waals surface area contributed by atoms with Gasteiger partial charge in [0.2, 0.25) is 0 Å². The van der Waals surface area contributed by atoms with Crippen LogP contribution in [0.5, 0.6) is 0 Å². The lowest BCUT2D eigenvalue weighted by Crippen LogP contribution is -2.33. The van der Waals surface area contributed by atoms with Crippen molar-refractivity contribution in [3.05, 3.63) is 107 Å². The molecular weight excluding hydrogens is 572 g/mol. The fourth-order valence-corrected chi connectivity index (χ4v) is 5.71. The van der Waals surface area contributed by atoms with Gasteiger partial charge in [-0.25, -0.2) is 8.78 Å². The number of likely N-dealkylation sites (tertiary alicyclic amines) is 1. The van der Waals surface area contributed by atoms with Crippen molar-refractivity contribution in [3.63, 3.8) is 0 Å². The molecule has 1 saturated heterocycles. The maximum absolute atomic E-state index is 13.6. The van der Waals surface area contributed by atoms with Gasteiger partial charge in [-0.05, 0) is 84.5 Å². The Bertz CT molecular complexity index is 1550. The summed E-state index contributed by atoms with van der Waals surface area (Å²) in [5.74, 6) is 4.63. The average molecular weight is 610 g/mol. The van der Waals surface area contributed by atoms with Crippen molar-refractivity contribution in [2.75, 3.05) is 26.2 Å². The van der Waals surface area contributed by atoms with E-state index < -0.39 is 10.0 Å². The third-order valence-electron chi connectivity index (χ3n) is 7.22. The van der Waals surface area contributed by atoms with Gasteiger partial charge in [0.05, 0.1) is 16.8 Å². The van der Waals surface area contributed by atoms with Gasteiger partial charge in [0.15, 0.2) is 0 Å². The van der Waals surface area contributed by atoms with E-state index >= 15 is 0 Å². The zero-order chi connectivity index (χ0) is 30.8. The predicted molar refractivity (Wildman–Crippen MR) is 168 cm³/mol. The number of carbonyl (C=O) groups excluding carboxylic acids is 1. The van der Waals surface area contributed by atoms with Gasteiger partial charge in [0.1, 0.15) is 11.6 Å². The third-order valence-corrected chi connectivity index (χ3v) is 8.47. The average Bonchev–Trinajstić information content (AvgIpc) is 3.02. The van der Waals surface area contributed by atoms with Gasteiger partial charge < -0.3 is 16.1 Å². The Hall–Kier alpha value is -4.22. The zero-order valence-corrected chi connectivity index (χ0v) is 24.8. The number of hydrogen-bond acceptors (Lipinski definition) is 6. The van der Waals surface area contributed by atoms with E-state index in [-0.39, 0.29) is 23.9 Å². The Balaban J connectivity index is 0.00000529. The van der Waals surface area contributed by atoms with Gasteiger partial charge in [-0.2, -0.15) is 17.9 Å². The molecule has 3 N–H and O–H groups in total. The van der Waals surface area contributed by atoms with Crippen molar-refractivity contribution in [2.45, 2.75) is 37.5 Å². The molecule has 0 aliphatic carbocycles.